The number of nitrogens with one attached hydrogen (secondary N) is 1. The summed E-state index contributed by atoms with van der Waals surface area (Å²) in [5, 5.41) is 2.31. The van der Waals surface area contributed by atoms with Crippen LogP contribution in [0.1, 0.15) is 12.8 Å². The van der Waals surface area contributed by atoms with Gasteiger partial charge in [-0.25, -0.2) is 9.97 Å². The second-order valence-electron chi connectivity index (χ2n) is 7.18. The van der Waals surface area contributed by atoms with E-state index in [4.69, 9.17) is 0 Å². The quantitative estimate of drug-likeness (QED) is 0.520. The fourth-order valence-electron chi connectivity index (χ4n) is 3.87. The SMILES string of the molecule is CN(c1ncnc2[nH]ccc12)C1CC(CSc2cccc3cccnc23)C1. The first-order chi connectivity index (χ1) is 13.3. The summed E-state index contributed by atoms with van der Waals surface area (Å²) in [5.41, 5.74) is 2.02. The van der Waals surface area contributed by atoms with Crippen molar-refractivity contribution in [3.8, 4) is 0 Å². The number of thioether (sulfide) groups is 1. The van der Waals surface area contributed by atoms with Crippen molar-refractivity contribution in [2.45, 2.75) is 23.8 Å². The standard InChI is InChI=1S/C21H21N5S/c1-26(21-17-7-9-23-20(17)24-13-25-21)16-10-14(11-16)12-27-18-6-2-4-15-5-3-8-22-19(15)18/h2-9,13-14,16H,10-12H2,1H3,(H,23,24,25). The number of hydrogen-bond acceptors (Lipinski definition) is 5. The highest BCUT2D eigenvalue weighted by molar-refractivity contribution is 7.99. The van der Waals surface area contributed by atoms with Crippen molar-refractivity contribution >= 4 is 39.5 Å². The number of benzene rings is 1. The van der Waals surface area contributed by atoms with Crippen LogP contribution in [0.4, 0.5) is 5.82 Å². The van der Waals surface area contributed by atoms with E-state index in [0.29, 0.717) is 6.04 Å². The predicted molar refractivity (Wildman–Crippen MR) is 111 cm³/mol. The largest absolute Gasteiger partial charge is 0.356 e. The number of hydrogen-bond donors (Lipinski definition) is 1. The summed E-state index contributed by atoms with van der Waals surface area (Å²) < 4.78 is 0. The molecule has 6 heteroatoms. The lowest BCUT2D eigenvalue weighted by atomic mass is 9.81. The van der Waals surface area contributed by atoms with Gasteiger partial charge in [0.1, 0.15) is 17.8 Å². The predicted octanol–water partition coefficient (Wildman–Crippen LogP) is 4.51. The number of nitrogens with zero attached hydrogens (tertiary/aromatic N) is 4. The Morgan fingerprint density at radius 1 is 1.11 bits per heavy atom. The molecule has 5 rings (SSSR count). The van der Waals surface area contributed by atoms with Crippen LogP contribution in [-0.4, -0.2) is 38.8 Å². The molecular formula is C21H21N5S. The topological polar surface area (TPSA) is 57.7 Å². The highest BCUT2D eigenvalue weighted by Crippen LogP contribution is 2.39. The zero-order valence-corrected chi connectivity index (χ0v) is 16.0. The minimum atomic E-state index is 0.550. The minimum Gasteiger partial charge on any atom is -0.356 e. The van der Waals surface area contributed by atoms with Crippen LogP contribution in [0.15, 0.2) is 60.0 Å². The lowest BCUT2D eigenvalue weighted by Gasteiger charge is -2.41. The maximum absolute atomic E-state index is 4.56. The van der Waals surface area contributed by atoms with E-state index in [9.17, 15) is 0 Å². The fourth-order valence-corrected chi connectivity index (χ4v) is 5.04. The van der Waals surface area contributed by atoms with Gasteiger partial charge in [0.25, 0.3) is 0 Å². The van der Waals surface area contributed by atoms with Crippen LogP contribution in [0.25, 0.3) is 21.9 Å². The number of rotatable bonds is 5. The first-order valence-electron chi connectivity index (χ1n) is 9.27. The van der Waals surface area contributed by atoms with Gasteiger partial charge in [0, 0.05) is 41.5 Å². The molecule has 4 aromatic rings. The number of pyridine rings is 1. The van der Waals surface area contributed by atoms with Crippen molar-refractivity contribution < 1.29 is 0 Å². The van der Waals surface area contributed by atoms with Crippen molar-refractivity contribution in [1.82, 2.24) is 19.9 Å². The van der Waals surface area contributed by atoms with Crippen LogP contribution in [0.5, 0.6) is 0 Å². The average Bonchev–Trinajstić information content (AvgIpc) is 3.15. The average molecular weight is 376 g/mol. The third kappa shape index (κ3) is 3.04. The molecule has 3 heterocycles. The third-order valence-corrected chi connectivity index (χ3v) is 6.77. The van der Waals surface area contributed by atoms with Crippen LogP contribution in [0, 0.1) is 5.92 Å². The molecule has 0 spiro atoms. The summed E-state index contributed by atoms with van der Waals surface area (Å²) in [6.07, 6.45) is 7.86. The number of fused-ring (bicyclic) bond motifs is 2. The molecule has 0 unspecified atom stereocenters. The van der Waals surface area contributed by atoms with Gasteiger partial charge >= 0.3 is 0 Å². The van der Waals surface area contributed by atoms with Gasteiger partial charge in [0.15, 0.2) is 0 Å². The Hall–Kier alpha value is -2.60. The second-order valence-corrected chi connectivity index (χ2v) is 8.24. The molecule has 1 fully saturated rings. The molecule has 0 amide bonds. The molecule has 1 aliphatic rings. The van der Waals surface area contributed by atoms with Crippen molar-refractivity contribution in [2.75, 3.05) is 17.7 Å². The van der Waals surface area contributed by atoms with Crippen LogP contribution in [0.3, 0.4) is 0 Å². The van der Waals surface area contributed by atoms with Crippen LogP contribution in [-0.2, 0) is 0 Å². The van der Waals surface area contributed by atoms with E-state index < -0.39 is 0 Å². The Labute approximate surface area is 162 Å². The fraction of sp³-hybridized carbons (Fsp3) is 0.286. The molecular weight excluding hydrogens is 354 g/mol. The summed E-state index contributed by atoms with van der Waals surface area (Å²) in [6, 6.07) is 13.2. The Morgan fingerprint density at radius 2 is 2.00 bits per heavy atom. The zero-order valence-electron chi connectivity index (χ0n) is 15.2. The number of anilines is 1. The van der Waals surface area contributed by atoms with E-state index in [1.165, 1.54) is 23.1 Å². The molecule has 1 N–H and O–H groups in total. The van der Waals surface area contributed by atoms with E-state index in [1.54, 1.807) is 6.33 Å². The first kappa shape index (κ1) is 16.6. The molecule has 0 radical (unpaired) electrons. The molecule has 5 nitrogen and oxygen atoms in total. The Bertz CT molecular complexity index is 1080. The summed E-state index contributed by atoms with van der Waals surface area (Å²) >= 11 is 1.94. The lowest BCUT2D eigenvalue weighted by Crippen LogP contribution is -2.43. The van der Waals surface area contributed by atoms with Gasteiger partial charge in [0.2, 0.25) is 0 Å². The third-order valence-electron chi connectivity index (χ3n) is 5.50. The van der Waals surface area contributed by atoms with E-state index in [1.807, 2.05) is 30.2 Å². The van der Waals surface area contributed by atoms with Crippen molar-refractivity contribution in [1.29, 1.82) is 0 Å². The highest BCUT2D eigenvalue weighted by atomic mass is 32.2. The maximum Gasteiger partial charge on any atom is 0.142 e. The van der Waals surface area contributed by atoms with Gasteiger partial charge in [-0.1, -0.05) is 18.2 Å². The maximum atomic E-state index is 4.56. The lowest BCUT2D eigenvalue weighted by molar-refractivity contribution is 0.286. The van der Waals surface area contributed by atoms with Gasteiger partial charge < -0.3 is 9.88 Å². The molecule has 136 valence electrons. The van der Waals surface area contributed by atoms with Gasteiger partial charge in [-0.05, 0) is 37.0 Å². The van der Waals surface area contributed by atoms with Gasteiger partial charge in [0.05, 0.1) is 10.9 Å². The second kappa shape index (κ2) is 6.85. The van der Waals surface area contributed by atoms with Crippen molar-refractivity contribution in [3.05, 3.63) is 55.1 Å². The molecule has 0 saturated heterocycles. The Morgan fingerprint density at radius 3 is 2.93 bits per heavy atom. The zero-order chi connectivity index (χ0) is 18.2. The number of para-hydroxylation sites is 1. The van der Waals surface area contributed by atoms with Crippen molar-refractivity contribution in [2.24, 2.45) is 5.92 Å². The number of aromatic nitrogens is 4. The van der Waals surface area contributed by atoms with E-state index >= 15 is 0 Å². The molecule has 1 saturated carbocycles. The van der Waals surface area contributed by atoms with E-state index in [2.05, 4.69) is 62.2 Å². The normalized spacial score (nSPS) is 19.3. The molecule has 1 aliphatic carbocycles. The van der Waals surface area contributed by atoms with Crippen LogP contribution >= 0.6 is 11.8 Å². The van der Waals surface area contributed by atoms with E-state index in [0.717, 1.165) is 34.0 Å². The smallest absolute Gasteiger partial charge is 0.142 e. The van der Waals surface area contributed by atoms with Gasteiger partial charge in [-0.2, -0.15) is 0 Å². The summed E-state index contributed by atoms with van der Waals surface area (Å²) in [7, 11) is 2.15. The molecule has 0 atom stereocenters. The summed E-state index contributed by atoms with van der Waals surface area (Å²) in [4.78, 5) is 20.1. The summed E-state index contributed by atoms with van der Waals surface area (Å²) in [5.74, 6) is 2.91. The number of H-pyrrole nitrogens is 1. The first-order valence-corrected chi connectivity index (χ1v) is 10.3. The highest BCUT2D eigenvalue weighted by Gasteiger charge is 2.33. The monoisotopic (exact) mass is 375 g/mol. The van der Waals surface area contributed by atoms with Gasteiger partial charge in [-0.15, -0.1) is 11.8 Å². The van der Waals surface area contributed by atoms with Gasteiger partial charge in [-0.3, -0.25) is 4.98 Å². The Kier molecular flexibility index (Phi) is 4.20. The Balaban J connectivity index is 1.23. The molecule has 0 aliphatic heterocycles. The number of aromatic amines is 1. The van der Waals surface area contributed by atoms with Crippen molar-refractivity contribution in [3.63, 3.8) is 0 Å². The summed E-state index contributed by atoms with van der Waals surface area (Å²) in [6.45, 7) is 0. The molecule has 1 aromatic carbocycles. The van der Waals surface area contributed by atoms with E-state index in [-0.39, 0.29) is 0 Å². The van der Waals surface area contributed by atoms with Crippen LogP contribution in [0.2, 0.25) is 0 Å². The molecule has 3 aromatic heterocycles. The molecule has 0 bridgehead atoms. The molecule has 27 heavy (non-hydrogen) atoms. The van der Waals surface area contributed by atoms with Crippen LogP contribution < -0.4 is 4.90 Å². The minimum absolute atomic E-state index is 0.550.